The van der Waals surface area contributed by atoms with Gasteiger partial charge in [-0.2, -0.15) is 5.10 Å². The third-order valence-corrected chi connectivity index (χ3v) is 4.30. The first-order chi connectivity index (χ1) is 10.2. The maximum atomic E-state index is 4.76. The van der Waals surface area contributed by atoms with Gasteiger partial charge in [0, 0.05) is 38.4 Å². The smallest absolute Gasteiger partial charge is 0.0675 e. The molecule has 0 amide bonds. The molecule has 130 valence electrons. The molecular formula is C20H30N2Pt. The Morgan fingerprint density at radius 1 is 0.913 bits per heavy atom. The predicted molar refractivity (Wildman–Crippen MR) is 95.5 cm³/mol. The number of hydrogen-bond donors (Lipinski definition) is 0. The van der Waals surface area contributed by atoms with Crippen LogP contribution in [0.1, 0.15) is 61.8 Å². The van der Waals surface area contributed by atoms with E-state index in [4.69, 9.17) is 5.10 Å². The average molecular weight is 494 g/mol. The van der Waals surface area contributed by atoms with Gasteiger partial charge in [0.2, 0.25) is 0 Å². The van der Waals surface area contributed by atoms with Crippen LogP contribution < -0.4 is 0 Å². The van der Waals surface area contributed by atoms with Crippen molar-refractivity contribution in [1.29, 1.82) is 0 Å². The molecule has 1 aromatic carbocycles. The molecule has 0 fully saturated rings. The van der Waals surface area contributed by atoms with Crippen LogP contribution in [-0.4, -0.2) is 9.78 Å². The molecule has 2 aromatic rings. The van der Waals surface area contributed by atoms with E-state index >= 15 is 0 Å². The SMILES string of the molecule is Cc1cc(CC(C)C)cc(C)c1-c1c(C)nn(C(C)C)c1C.[Pt]. The Hall–Kier alpha value is -0.882. The monoisotopic (exact) mass is 493 g/mol. The summed E-state index contributed by atoms with van der Waals surface area (Å²) in [6.07, 6.45) is 1.14. The molecule has 0 unspecified atom stereocenters. The van der Waals surface area contributed by atoms with Gasteiger partial charge in [0.05, 0.1) is 5.69 Å². The molecule has 0 N–H and O–H groups in total. The number of aromatic nitrogens is 2. The molecule has 0 aliphatic heterocycles. The summed E-state index contributed by atoms with van der Waals surface area (Å²) in [7, 11) is 0. The third kappa shape index (κ3) is 4.15. The molecule has 0 aliphatic rings. The van der Waals surface area contributed by atoms with Crippen molar-refractivity contribution >= 4 is 0 Å². The fourth-order valence-electron chi connectivity index (χ4n) is 3.56. The van der Waals surface area contributed by atoms with Crippen LogP contribution >= 0.6 is 0 Å². The van der Waals surface area contributed by atoms with Crippen molar-refractivity contribution < 1.29 is 21.1 Å². The number of nitrogens with zero attached hydrogens (tertiary/aromatic N) is 2. The second-order valence-electron chi connectivity index (χ2n) is 7.29. The summed E-state index contributed by atoms with van der Waals surface area (Å²) in [5.74, 6) is 0.691. The summed E-state index contributed by atoms with van der Waals surface area (Å²) in [6, 6.07) is 5.11. The van der Waals surface area contributed by atoms with Crippen LogP contribution in [0.2, 0.25) is 0 Å². The van der Waals surface area contributed by atoms with E-state index in [9.17, 15) is 0 Å². The van der Waals surface area contributed by atoms with Gasteiger partial charge in [-0.15, -0.1) is 0 Å². The number of benzene rings is 1. The average Bonchev–Trinajstić information content (AvgIpc) is 2.65. The van der Waals surface area contributed by atoms with Crippen LogP contribution in [0.15, 0.2) is 12.1 Å². The van der Waals surface area contributed by atoms with E-state index < -0.39 is 0 Å². The van der Waals surface area contributed by atoms with Crippen molar-refractivity contribution in [3.8, 4) is 11.1 Å². The van der Waals surface area contributed by atoms with E-state index in [0.717, 1.165) is 12.1 Å². The minimum absolute atomic E-state index is 0. The number of rotatable bonds is 4. The zero-order valence-electron chi connectivity index (χ0n) is 15.7. The quantitative estimate of drug-likeness (QED) is 0.545. The van der Waals surface area contributed by atoms with Crippen LogP contribution in [0.5, 0.6) is 0 Å². The van der Waals surface area contributed by atoms with Gasteiger partial charge < -0.3 is 0 Å². The molecule has 23 heavy (non-hydrogen) atoms. The minimum Gasteiger partial charge on any atom is -0.266 e. The summed E-state index contributed by atoms with van der Waals surface area (Å²) < 4.78 is 2.14. The van der Waals surface area contributed by atoms with Crippen LogP contribution in [0.3, 0.4) is 0 Å². The fourth-order valence-corrected chi connectivity index (χ4v) is 3.56. The van der Waals surface area contributed by atoms with E-state index in [2.05, 4.69) is 72.2 Å². The van der Waals surface area contributed by atoms with Gasteiger partial charge in [-0.1, -0.05) is 26.0 Å². The Morgan fingerprint density at radius 2 is 1.43 bits per heavy atom. The maximum absolute atomic E-state index is 4.76. The van der Waals surface area contributed by atoms with Crippen molar-refractivity contribution in [1.82, 2.24) is 9.78 Å². The van der Waals surface area contributed by atoms with Gasteiger partial charge in [0.15, 0.2) is 0 Å². The first-order valence-electron chi connectivity index (χ1n) is 8.38. The van der Waals surface area contributed by atoms with E-state index in [-0.39, 0.29) is 21.1 Å². The van der Waals surface area contributed by atoms with Crippen molar-refractivity contribution in [2.45, 2.75) is 67.9 Å². The van der Waals surface area contributed by atoms with Crippen molar-refractivity contribution in [3.63, 3.8) is 0 Å². The topological polar surface area (TPSA) is 17.8 Å². The summed E-state index contributed by atoms with van der Waals surface area (Å²) in [5.41, 5.74) is 9.27. The summed E-state index contributed by atoms with van der Waals surface area (Å²) in [6.45, 7) is 17.7. The van der Waals surface area contributed by atoms with E-state index in [1.165, 1.54) is 33.5 Å². The van der Waals surface area contributed by atoms with Gasteiger partial charge in [-0.25, -0.2) is 0 Å². The van der Waals surface area contributed by atoms with Crippen LogP contribution in [0.4, 0.5) is 0 Å². The summed E-state index contributed by atoms with van der Waals surface area (Å²) >= 11 is 0. The Balaban J connectivity index is 0.00000264. The second-order valence-corrected chi connectivity index (χ2v) is 7.29. The summed E-state index contributed by atoms with van der Waals surface area (Å²) in [4.78, 5) is 0. The van der Waals surface area contributed by atoms with E-state index in [0.29, 0.717) is 12.0 Å². The van der Waals surface area contributed by atoms with Crippen molar-refractivity contribution in [3.05, 3.63) is 40.2 Å². The van der Waals surface area contributed by atoms with Crippen molar-refractivity contribution in [2.75, 3.05) is 0 Å². The molecule has 0 spiro atoms. The minimum atomic E-state index is 0. The Bertz CT molecular complexity index is 658. The van der Waals surface area contributed by atoms with E-state index in [1.807, 2.05) is 0 Å². The number of hydrogen-bond acceptors (Lipinski definition) is 1. The fraction of sp³-hybridized carbons (Fsp3) is 0.550. The molecule has 1 aromatic heterocycles. The Labute approximate surface area is 155 Å². The van der Waals surface area contributed by atoms with Gasteiger partial charge >= 0.3 is 0 Å². The zero-order chi connectivity index (χ0) is 16.6. The van der Waals surface area contributed by atoms with Crippen LogP contribution in [0, 0.1) is 33.6 Å². The van der Waals surface area contributed by atoms with Gasteiger partial charge in [-0.05, 0) is 76.1 Å². The molecule has 0 radical (unpaired) electrons. The molecule has 0 atom stereocenters. The van der Waals surface area contributed by atoms with Gasteiger partial charge in [-0.3, -0.25) is 4.68 Å². The normalized spacial score (nSPS) is 11.2. The van der Waals surface area contributed by atoms with Crippen LogP contribution in [-0.2, 0) is 27.5 Å². The second kappa shape index (κ2) is 7.79. The molecule has 3 heteroatoms. The first-order valence-corrected chi connectivity index (χ1v) is 8.38. The zero-order valence-corrected chi connectivity index (χ0v) is 18.0. The maximum Gasteiger partial charge on any atom is 0.0675 e. The largest absolute Gasteiger partial charge is 0.266 e. The number of aryl methyl sites for hydroxylation is 3. The molecule has 2 rings (SSSR count). The first kappa shape index (κ1) is 20.2. The molecule has 0 saturated heterocycles. The molecule has 0 bridgehead atoms. The van der Waals surface area contributed by atoms with Gasteiger partial charge in [0.25, 0.3) is 0 Å². The van der Waals surface area contributed by atoms with E-state index in [1.54, 1.807) is 0 Å². The molecule has 0 aliphatic carbocycles. The third-order valence-electron chi connectivity index (χ3n) is 4.30. The Morgan fingerprint density at radius 3 is 1.83 bits per heavy atom. The molecule has 1 heterocycles. The van der Waals surface area contributed by atoms with Crippen molar-refractivity contribution in [2.24, 2.45) is 5.92 Å². The molecule has 0 saturated carbocycles. The summed E-state index contributed by atoms with van der Waals surface area (Å²) in [5, 5.41) is 4.76. The van der Waals surface area contributed by atoms with Crippen LogP contribution in [0.25, 0.3) is 11.1 Å². The van der Waals surface area contributed by atoms with Gasteiger partial charge in [0.1, 0.15) is 0 Å². The molecule has 2 nitrogen and oxygen atoms in total. The standard InChI is InChI=1S/C20H30N2.Pt/c1-12(2)9-18-10-14(5)19(15(6)11-18)20-16(7)21-22(13(3)4)17(20)8;/h10-13H,9H2,1-8H3;. The predicted octanol–water partition coefficient (Wildman–Crippen LogP) is 5.56. The molecular weight excluding hydrogens is 463 g/mol. The Kier molecular flexibility index (Phi) is 6.83.